The van der Waals surface area contributed by atoms with E-state index in [1.807, 2.05) is 29.6 Å². The molecular formula is C21H18N2O5S. The van der Waals surface area contributed by atoms with E-state index in [1.54, 1.807) is 20.1 Å². The molecule has 0 aliphatic heterocycles. The van der Waals surface area contributed by atoms with Crippen LogP contribution in [0.5, 0.6) is 5.75 Å². The van der Waals surface area contributed by atoms with Gasteiger partial charge in [0, 0.05) is 10.9 Å². The zero-order valence-electron chi connectivity index (χ0n) is 15.9. The number of carbonyl (C=O) groups excluding carboxylic acids is 1. The summed E-state index contributed by atoms with van der Waals surface area (Å²) in [7, 11) is 1.61. The lowest BCUT2D eigenvalue weighted by Gasteiger charge is -2.05. The van der Waals surface area contributed by atoms with Gasteiger partial charge in [-0.2, -0.15) is 0 Å². The van der Waals surface area contributed by atoms with Crippen LogP contribution in [0.4, 0.5) is 0 Å². The van der Waals surface area contributed by atoms with Gasteiger partial charge in [0.2, 0.25) is 5.76 Å². The van der Waals surface area contributed by atoms with Crippen LogP contribution in [-0.4, -0.2) is 29.2 Å². The maximum Gasteiger partial charge on any atom is 0.374 e. The Labute approximate surface area is 170 Å². The van der Waals surface area contributed by atoms with Crippen LogP contribution in [0.1, 0.15) is 23.2 Å². The fraction of sp³-hybridized carbons (Fsp3) is 0.190. The summed E-state index contributed by atoms with van der Waals surface area (Å²) in [6.07, 6.45) is 1.49. The van der Waals surface area contributed by atoms with Gasteiger partial charge in [0.1, 0.15) is 16.3 Å². The van der Waals surface area contributed by atoms with E-state index in [4.69, 9.17) is 13.9 Å². The zero-order chi connectivity index (χ0) is 20.4. The van der Waals surface area contributed by atoms with Gasteiger partial charge in [0.15, 0.2) is 0 Å². The summed E-state index contributed by atoms with van der Waals surface area (Å²) in [6.45, 7) is 2.16. The molecule has 0 bridgehead atoms. The Balaban J connectivity index is 1.69. The minimum atomic E-state index is -0.528. The molecule has 4 aromatic rings. The number of aromatic nitrogens is 2. The lowest BCUT2D eigenvalue weighted by atomic mass is 10.1. The first-order chi connectivity index (χ1) is 14.1. The smallest absolute Gasteiger partial charge is 0.374 e. The first-order valence-electron chi connectivity index (χ1n) is 8.97. The molecule has 3 heterocycles. The second-order valence-electron chi connectivity index (χ2n) is 6.22. The number of esters is 1. The van der Waals surface area contributed by atoms with E-state index >= 15 is 0 Å². The van der Waals surface area contributed by atoms with Crippen molar-refractivity contribution < 1.29 is 18.7 Å². The van der Waals surface area contributed by atoms with Crippen LogP contribution in [0, 0.1) is 0 Å². The topological polar surface area (TPSA) is 83.6 Å². The number of hydrogen-bond acceptors (Lipinski definition) is 7. The standard InChI is InChI=1S/C21H18N2O5S/c1-3-27-21(25)17-9-8-15(28-17)10-23-12-22-19-18(20(23)24)16(11-29-19)13-4-6-14(26-2)7-5-13/h4-9,11-12H,3,10H2,1-2H3. The van der Waals surface area contributed by atoms with Crippen LogP contribution in [0.2, 0.25) is 0 Å². The summed E-state index contributed by atoms with van der Waals surface area (Å²) in [5, 5.41) is 2.48. The minimum absolute atomic E-state index is 0.110. The molecule has 7 nitrogen and oxygen atoms in total. The van der Waals surface area contributed by atoms with Crippen molar-refractivity contribution in [1.29, 1.82) is 0 Å². The molecule has 0 saturated heterocycles. The van der Waals surface area contributed by atoms with Crippen molar-refractivity contribution in [2.45, 2.75) is 13.5 Å². The van der Waals surface area contributed by atoms with Crippen LogP contribution < -0.4 is 10.3 Å². The predicted octanol–water partition coefficient (Wildman–Crippen LogP) is 3.95. The Morgan fingerprint density at radius 1 is 1.21 bits per heavy atom. The summed E-state index contributed by atoms with van der Waals surface area (Å²) in [4.78, 5) is 30.0. The van der Waals surface area contributed by atoms with Crippen LogP contribution in [0.3, 0.4) is 0 Å². The van der Waals surface area contributed by atoms with E-state index in [2.05, 4.69) is 4.98 Å². The number of benzene rings is 1. The molecule has 29 heavy (non-hydrogen) atoms. The number of ether oxygens (including phenoxy) is 2. The van der Waals surface area contributed by atoms with Crippen molar-refractivity contribution in [2.24, 2.45) is 0 Å². The molecule has 0 radical (unpaired) electrons. The Kier molecular flexibility index (Phi) is 5.18. The summed E-state index contributed by atoms with van der Waals surface area (Å²) >= 11 is 1.42. The van der Waals surface area contributed by atoms with Crippen molar-refractivity contribution in [2.75, 3.05) is 13.7 Å². The number of methoxy groups -OCH3 is 1. The highest BCUT2D eigenvalue weighted by molar-refractivity contribution is 7.17. The van der Waals surface area contributed by atoms with Crippen LogP contribution in [0.15, 0.2) is 57.3 Å². The Hall–Kier alpha value is -3.39. The van der Waals surface area contributed by atoms with Gasteiger partial charge in [0.25, 0.3) is 5.56 Å². The molecule has 4 rings (SSSR count). The monoisotopic (exact) mass is 410 g/mol. The third-order valence-corrected chi connectivity index (χ3v) is 5.31. The van der Waals surface area contributed by atoms with Crippen molar-refractivity contribution >= 4 is 27.5 Å². The van der Waals surface area contributed by atoms with Gasteiger partial charge < -0.3 is 13.9 Å². The molecule has 3 aromatic heterocycles. The molecule has 0 aliphatic carbocycles. The summed E-state index contributed by atoms with van der Waals surface area (Å²) in [6, 6.07) is 10.7. The summed E-state index contributed by atoms with van der Waals surface area (Å²) in [5.74, 6) is 0.800. The normalized spacial score (nSPS) is 11.0. The number of hydrogen-bond donors (Lipinski definition) is 0. The SMILES string of the molecule is CCOC(=O)c1ccc(Cn2cnc3scc(-c4ccc(OC)cc4)c3c2=O)o1. The third kappa shape index (κ3) is 3.66. The molecule has 0 N–H and O–H groups in total. The first-order valence-corrected chi connectivity index (χ1v) is 9.85. The van der Waals surface area contributed by atoms with Gasteiger partial charge in [-0.3, -0.25) is 9.36 Å². The van der Waals surface area contributed by atoms with E-state index in [1.165, 1.54) is 28.3 Å². The molecule has 148 valence electrons. The highest BCUT2D eigenvalue weighted by atomic mass is 32.1. The van der Waals surface area contributed by atoms with Gasteiger partial charge in [0.05, 0.1) is 32.0 Å². The fourth-order valence-corrected chi connectivity index (χ4v) is 3.91. The number of carbonyl (C=O) groups is 1. The van der Waals surface area contributed by atoms with Crippen LogP contribution in [-0.2, 0) is 11.3 Å². The molecule has 0 amide bonds. The molecule has 0 saturated carbocycles. The Bertz CT molecular complexity index is 1220. The quantitative estimate of drug-likeness (QED) is 0.448. The van der Waals surface area contributed by atoms with Gasteiger partial charge in [-0.1, -0.05) is 12.1 Å². The molecule has 0 spiro atoms. The Morgan fingerprint density at radius 2 is 2.00 bits per heavy atom. The van der Waals surface area contributed by atoms with E-state index in [-0.39, 0.29) is 24.5 Å². The molecule has 8 heteroatoms. The predicted molar refractivity (Wildman–Crippen MR) is 110 cm³/mol. The average molecular weight is 410 g/mol. The van der Waals surface area contributed by atoms with Crippen molar-refractivity contribution in [3.63, 3.8) is 0 Å². The summed E-state index contributed by atoms with van der Waals surface area (Å²) < 4.78 is 17.1. The second kappa shape index (κ2) is 7.92. The van der Waals surface area contributed by atoms with Crippen LogP contribution in [0.25, 0.3) is 21.3 Å². The molecule has 0 aliphatic rings. The summed E-state index contributed by atoms with van der Waals surface area (Å²) in [5.41, 5.74) is 1.57. The zero-order valence-corrected chi connectivity index (χ0v) is 16.7. The lowest BCUT2D eigenvalue weighted by Crippen LogP contribution is -2.20. The van der Waals surface area contributed by atoms with Crippen molar-refractivity contribution in [3.8, 4) is 16.9 Å². The number of rotatable bonds is 6. The van der Waals surface area contributed by atoms with E-state index < -0.39 is 5.97 Å². The van der Waals surface area contributed by atoms with E-state index in [9.17, 15) is 9.59 Å². The number of thiophene rings is 1. The van der Waals surface area contributed by atoms with E-state index in [0.29, 0.717) is 16.0 Å². The van der Waals surface area contributed by atoms with Gasteiger partial charge in [-0.15, -0.1) is 11.3 Å². The number of nitrogens with zero attached hydrogens (tertiary/aromatic N) is 2. The molecule has 0 unspecified atom stereocenters. The van der Waals surface area contributed by atoms with Crippen LogP contribution >= 0.6 is 11.3 Å². The molecule has 1 aromatic carbocycles. The van der Waals surface area contributed by atoms with Gasteiger partial charge >= 0.3 is 5.97 Å². The minimum Gasteiger partial charge on any atom is -0.497 e. The molecule has 0 fully saturated rings. The highest BCUT2D eigenvalue weighted by Gasteiger charge is 2.16. The third-order valence-electron chi connectivity index (χ3n) is 4.43. The number of furan rings is 1. The van der Waals surface area contributed by atoms with Crippen molar-refractivity contribution in [3.05, 3.63) is 70.0 Å². The average Bonchev–Trinajstić information content (AvgIpc) is 3.38. The highest BCUT2D eigenvalue weighted by Crippen LogP contribution is 2.31. The molecule has 0 atom stereocenters. The maximum absolute atomic E-state index is 13.1. The van der Waals surface area contributed by atoms with E-state index in [0.717, 1.165) is 16.9 Å². The second-order valence-corrected chi connectivity index (χ2v) is 7.08. The largest absolute Gasteiger partial charge is 0.497 e. The Morgan fingerprint density at radius 3 is 2.72 bits per heavy atom. The maximum atomic E-state index is 13.1. The fourth-order valence-electron chi connectivity index (χ4n) is 3.01. The van der Waals surface area contributed by atoms with Gasteiger partial charge in [-0.05, 0) is 36.8 Å². The van der Waals surface area contributed by atoms with Crippen molar-refractivity contribution in [1.82, 2.24) is 9.55 Å². The lowest BCUT2D eigenvalue weighted by molar-refractivity contribution is 0.0488. The molecular weight excluding hydrogens is 392 g/mol. The van der Waals surface area contributed by atoms with Gasteiger partial charge in [-0.25, -0.2) is 9.78 Å². The number of fused-ring (bicyclic) bond motifs is 1. The first kappa shape index (κ1) is 18.9.